The molecule has 0 fully saturated rings. The van der Waals surface area contributed by atoms with Crippen molar-refractivity contribution in [2.75, 3.05) is 27.9 Å². The Hall–Kier alpha value is -3.32. The van der Waals surface area contributed by atoms with Gasteiger partial charge in [0, 0.05) is 12.8 Å². The van der Waals surface area contributed by atoms with E-state index < -0.39 is 0 Å². The lowest BCUT2D eigenvalue weighted by Crippen LogP contribution is -2.38. The van der Waals surface area contributed by atoms with Gasteiger partial charge in [0.15, 0.2) is 11.5 Å². The average molecular weight is 409 g/mol. The first-order valence-electron chi connectivity index (χ1n) is 9.76. The topological polar surface area (TPSA) is 74.6 Å². The number of carbonyl (C=O) groups excluding carboxylic acids is 1. The quantitative estimate of drug-likeness (QED) is 0.583. The van der Waals surface area contributed by atoms with Crippen molar-refractivity contribution in [2.24, 2.45) is 0 Å². The first kappa shape index (κ1) is 21.4. The molecule has 7 heteroatoms. The molecule has 3 aromatic rings. The third-order valence-electron chi connectivity index (χ3n) is 4.91. The number of imidazole rings is 1. The van der Waals surface area contributed by atoms with Crippen molar-refractivity contribution in [3.8, 4) is 28.3 Å². The van der Waals surface area contributed by atoms with Gasteiger partial charge in [-0.3, -0.25) is 9.36 Å². The lowest BCUT2D eigenvalue weighted by Gasteiger charge is -2.17. The monoisotopic (exact) mass is 409 g/mol. The Labute approximate surface area is 176 Å². The Morgan fingerprint density at radius 2 is 1.83 bits per heavy atom. The zero-order valence-electron chi connectivity index (χ0n) is 17.7. The number of aromatic nitrogens is 2. The number of amides is 1. The molecule has 1 amide bonds. The summed E-state index contributed by atoms with van der Waals surface area (Å²) in [6.45, 7) is 2.47. The van der Waals surface area contributed by atoms with E-state index in [1.54, 1.807) is 38.4 Å². The molecule has 0 unspecified atom stereocenters. The van der Waals surface area contributed by atoms with Gasteiger partial charge in [0.2, 0.25) is 0 Å². The number of nitrogens with zero attached hydrogens (tertiary/aromatic N) is 2. The Bertz CT molecular complexity index is 1000. The molecule has 0 bridgehead atoms. The molecule has 1 N–H and O–H groups in total. The molecule has 0 aliphatic carbocycles. The van der Waals surface area contributed by atoms with E-state index in [4.69, 9.17) is 14.2 Å². The van der Waals surface area contributed by atoms with Crippen LogP contribution in [0.5, 0.6) is 11.5 Å². The summed E-state index contributed by atoms with van der Waals surface area (Å²) in [5.74, 6) is 1.15. The predicted octanol–water partition coefficient (Wildman–Crippen LogP) is 3.71. The van der Waals surface area contributed by atoms with Gasteiger partial charge in [-0.1, -0.05) is 25.1 Å². The number of hydrogen-bond donors (Lipinski definition) is 1. The van der Waals surface area contributed by atoms with Gasteiger partial charge in [-0.15, -0.1) is 0 Å². The number of ether oxygens (including phenoxy) is 3. The summed E-state index contributed by atoms with van der Waals surface area (Å²) in [7, 11) is 4.85. The fraction of sp³-hybridized carbons (Fsp3) is 0.304. The largest absolute Gasteiger partial charge is 0.493 e. The van der Waals surface area contributed by atoms with E-state index in [0.717, 1.165) is 23.2 Å². The van der Waals surface area contributed by atoms with Crippen molar-refractivity contribution in [1.29, 1.82) is 0 Å². The third-order valence-corrected chi connectivity index (χ3v) is 4.91. The Morgan fingerprint density at radius 3 is 2.53 bits per heavy atom. The summed E-state index contributed by atoms with van der Waals surface area (Å²) < 4.78 is 17.7. The lowest BCUT2D eigenvalue weighted by atomic mass is 10.0. The zero-order valence-corrected chi connectivity index (χ0v) is 17.7. The Kier molecular flexibility index (Phi) is 7.08. The van der Waals surface area contributed by atoms with Crippen molar-refractivity contribution in [3.05, 3.63) is 60.7 Å². The van der Waals surface area contributed by atoms with E-state index in [-0.39, 0.29) is 11.9 Å². The van der Waals surface area contributed by atoms with Crippen LogP contribution in [0.1, 0.15) is 23.8 Å². The van der Waals surface area contributed by atoms with Crippen molar-refractivity contribution < 1.29 is 19.0 Å². The predicted molar refractivity (Wildman–Crippen MR) is 116 cm³/mol. The molecule has 0 saturated carbocycles. The summed E-state index contributed by atoms with van der Waals surface area (Å²) in [5.41, 5.74) is 3.27. The molecule has 0 aliphatic rings. The molecule has 30 heavy (non-hydrogen) atoms. The summed E-state index contributed by atoms with van der Waals surface area (Å²) in [6, 6.07) is 13.6. The van der Waals surface area contributed by atoms with Crippen LogP contribution in [-0.4, -0.2) is 49.4 Å². The van der Waals surface area contributed by atoms with Crippen LogP contribution in [0, 0.1) is 0 Å². The molecule has 3 rings (SSSR count). The summed E-state index contributed by atoms with van der Waals surface area (Å²) in [5, 5.41) is 3.00. The van der Waals surface area contributed by atoms with Crippen molar-refractivity contribution in [3.63, 3.8) is 0 Å². The summed E-state index contributed by atoms with van der Waals surface area (Å²) >= 11 is 0. The highest BCUT2D eigenvalue weighted by molar-refractivity contribution is 5.93. The van der Waals surface area contributed by atoms with Crippen molar-refractivity contribution in [1.82, 2.24) is 14.9 Å². The van der Waals surface area contributed by atoms with E-state index >= 15 is 0 Å². The fourth-order valence-electron chi connectivity index (χ4n) is 3.24. The van der Waals surface area contributed by atoms with Gasteiger partial charge in [0.25, 0.3) is 5.91 Å². The van der Waals surface area contributed by atoms with E-state index in [1.807, 2.05) is 49.4 Å². The standard InChI is InChI=1S/C23H27N3O4/c1-5-18(14-28-2)25-23(27)20-13-24-15-26(20)19-8-6-7-16(11-19)17-9-10-21(29-3)22(12-17)30-4/h6-13,15,18H,5,14H2,1-4H3,(H,25,27)/t18-/m1/s1. The van der Waals surface area contributed by atoms with Crippen LogP contribution in [-0.2, 0) is 4.74 Å². The van der Waals surface area contributed by atoms with Gasteiger partial charge in [-0.25, -0.2) is 4.98 Å². The molecule has 1 atom stereocenters. The molecule has 158 valence electrons. The van der Waals surface area contributed by atoms with Gasteiger partial charge in [-0.05, 0) is 41.8 Å². The van der Waals surface area contributed by atoms with Gasteiger partial charge < -0.3 is 19.5 Å². The summed E-state index contributed by atoms with van der Waals surface area (Å²) in [6.07, 6.45) is 3.99. The lowest BCUT2D eigenvalue weighted by molar-refractivity contribution is 0.0888. The zero-order chi connectivity index (χ0) is 21.5. The molecule has 0 radical (unpaired) electrons. The van der Waals surface area contributed by atoms with Crippen LogP contribution in [0.2, 0.25) is 0 Å². The fourth-order valence-corrected chi connectivity index (χ4v) is 3.24. The minimum atomic E-state index is -0.187. The smallest absolute Gasteiger partial charge is 0.270 e. The SMILES string of the molecule is CC[C@H](COC)NC(=O)c1cncn1-c1cccc(-c2ccc(OC)c(OC)c2)c1. The third kappa shape index (κ3) is 4.63. The normalized spacial score (nSPS) is 11.7. The molecule has 0 saturated heterocycles. The maximum atomic E-state index is 12.8. The second kappa shape index (κ2) is 9.93. The molecule has 2 aromatic carbocycles. The average Bonchev–Trinajstić information content (AvgIpc) is 3.28. The molecule has 1 heterocycles. The molecular weight excluding hydrogens is 382 g/mol. The molecular formula is C23H27N3O4. The number of carbonyl (C=O) groups is 1. The highest BCUT2D eigenvalue weighted by Gasteiger charge is 2.17. The number of hydrogen-bond acceptors (Lipinski definition) is 5. The van der Waals surface area contributed by atoms with Gasteiger partial charge in [-0.2, -0.15) is 0 Å². The van der Waals surface area contributed by atoms with E-state index in [9.17, 15) is 4.79 Å². The maximum Gasteiger partial charge on any atom is 0.270 e. The van der Waals surface area contributed by atoms with Crippen molar-refractivity contribution in [2.45, 2.75) is 19.4 Å². The number of benzene rings is 2. The molecule has 7 nitrogen and oxygen atoms in total. The first-order chi connectivity index (χ1) is 14.6. The van der Waals surface area contributed by atoms with Crippen LogP contribution >= 0.6 is 0 Å². The number of methoxy groups -OCH3 is 3. The van der Waals surface area contributed by atoms with Crippen LogP contribution in [0.4, 0.5) is 0 Å². The minimum Gasteiger partial charge on any atom is -0.493 e. The van der Waals surface area contributed by atoms with E-state index in [0.29, 0.717) is 23.8 Å². The minimum absolute atomic E-state index is 0.0519. The van der Waals surface area contributed by atoms with Crippen LogP contribution in [0.15, 0.2) is 55.0 Å². The van der Waals surface area contributed by atoms with E-state index in [1.165, 1.54) is 0 Å². The van der Waals surface area contributed by atoms with Crippen LogP contribution in [0.25, 0.3) is 16.8 Å². The van der Waals surface area contributed by atoms with Gasteiger partial charge in [0.05, 0.1) is 39.4 Å². The number of nitrogens with one attached hydrogen (secondary N) is 1. The van der Waals surface area contributed by atoms with Gasteiger partial charge in [0.1, 0.15) is 5.69 Å². The van der Waals surface area contributed by atoms with Crippen LogP contribution < -0.4 is 14.8 Å². The van der Waals surface area contributed by atoms with Gasteiger partial charge >= 0.3 is 0 Å². The summed E-state index contributed by atoms with van der Waals surface area (Å²) in [4.78, 5) is 17.0. The Balaban J connectivity index is 1.91. The first-order valence-corrected chi connectivity index (χ1v) is 9.76. The number of rotatable bonds is 9. The Morgan fingerprint density at radius 1 is 1.07 bits per heavy atom. The molecule has 0 aliphatic heterocycles. The van der Waals surface area contributed by atoms with Crippen LogP contribution in [0.3, 0.4) is 0 Å². The second-order valence-electron chi connectivity index (χ2n) is 6.80. The van der Waals surface area contributed by atoms with E-state index in [2.05, 4.69) is 10.3 Å². The highest BCUT2D eigenvalue weighted by atomic mass is 16.5. The second-order valence-corrected chi connectivity index (χ2v) is 6.80. The molecule has 0 spiro atoms. The maximum absolute atomic E-state index is 12.8. The molecule has 1 aromatic heterocycles. The highest BCUT2D eigenvalue weighted by Crippen LogP contribution is 2.33. The van der Waals surface area contributed by atoms with Crippen molar-refractivity contribution >= 4 is 5.91 Å².